The van der Waals surface area contributed by atoms with Gasteiger partial charge in [0.05, 0.1) is 37.6 Å². The van der Waals surface area contributed by atoms with Gasteiger partial charge in [0.1, 0.15) is 17.0 Å². The fraction of sp³-hybridized carbons (Fsp3) is 0.471. The normalized spacial score (nSPS) is 15.5. The molecule has 3 N–H and O–H groups in total. The van der Waals surface area contributed by atoms with Crippen molar-refractivity contribution in [2.24, 2.45) is 0 Å². The van der Waals surface area contributed by atoms with Gasteiger partial charge in [0.2, 0.25) is 5.95 Å². The van der Waals surface area contributed by atoms with Crippen LogP contribution in [0.1, 0.15) is 44.4 Å². The lowest BCUT2D eigenvalue weighted by molar-refractivity contribution is 0.147. The smallest absolute Gasteiger partial charge is 0.225 e. The molecule has 11 heteroatoms. The second kappa shape index (κ2) is 14.8. The van der Waals surface area contributed by atoms with Gasteiger partial charge in [-0.25, -0.2) is 4.98 Å². The van der Waals surface area contributed by atoms with Crippen LogP contribution in [0.15, 0.2) is 48.8 Å². The van der Waals surface area contributed by atoms with E-state index in [2.05, 4.69) is 46.5 Å². The van der Waals surface area contributed by atoms with Crippen LogP contribution in [0, 0.1) is 0 Å². The number of rotatable bonds is 14. The van der Waals surface area contributed by atoms with Crippen LogP contribution in [-0.4, -0.2) is 94.4 Å². The zero-order valence-electron chi connectivity index (χ0n) is 27.1. The Bertz CT molecular complexity index is 1560. The van der Waals surface area contributed by atoms with Gasteiger partial charge in [0, 0.05) is 74.4 Å². The Hall–Kier alpha value is -4.06. The molecule has 0 unspecified atom stereocenters. The third-order valence-corrected chi connectivity index (χ3v) is 8.46. The first-order chi connectivity index (χ1) is 21.8. The van der Waals surface area contributed by atoms with E-state index in [0.29, 0.717) is 35.1 Å². The topological polar surface area (TPSA) is 121 Å². The number of unbranched alkanes of at least 4 members (excludes halogenated alkanes) is 1. The molecule has 1 saturated heterocycles. The first-order valence-electron chi connectivity index (χ1n) is 15.7. The molecule has 4 aromatic rings. The number of ether oxygens (including phenoxy) is 2. The van der Waals surface area contributed by atoms with Crippen molar-refractivity contribution in [1.82, 2.24) is 29.7 Å². The first kappa shape index (κ1) is 32.3. The lowest BCUT2D eigenvalue weighted by atomic mass is 9.96. The van der Waals surface area contributed by atoms with Crippen molar-refractivity contribution in [3.63, 3.8) is 0 Å². The lowest BCUT2D eigenvalue weighted by Gasteiger charge is -2.32. The molecule has 3 aromatic heterocycles. The number of anilines is 2. The third kappa shape index (κ3) is 8.16. The van der Waals surface area contributed by atoms with Gasteiger partial charge in [-0.3, -0.25) is 14.9 Å². The third-order valence-electron chi connectivity index (χ3n) is 8.46. The minimum Gasteiger partial charge on any atom is -0.497 e. The van der Waals surface area contributed by atoms with Crippen molar-refractivity contribution in [3.05, 3.63) is 60.0 Å². The van der Waals surface area contributed by atoms with E-state index in [1.165, 1.54) is 0 Å². The number of nitrogens with one attached hydrogen (secondary N) is 2. The average molecular weight is 615 g/mol. The maximum atomic E-state index is 10.3. The molecule has 1 fully saturated rings. The van der Waals surface area contributed by atoms with Crippen molar-refractivity contribution in [2.75, 3.05) is 64.7 Å². The average Bonchev–Trinajstić information content (AvgIpc) is 3.07. The summed E-state index contributed by atoms with van der Waals surface area (Å²) in [5, 5.41) is 17.2. The highest BCUT2D eigenvalue weighted by atomic mass is 16.5. The second-order valence-electron chi connectivity index (χ2n) is 12.1. The van der Waals surface area contributed by atoms with Crippen molar-refractivity contribution in [1.29, 1.82) is 0 Å². The van der Waals surface area contributed by atoms with Gasteiger partial charge in [-0.05, 0) is 44.7 Å². The molecular formula is C34H46N8O3. The number of aliphatic hydroxyl groups is 1. The van der Waals surface area contributed by atoms with Crippen molar-refractivity contribution in [3.8, 4) is 22.6 Å². The van der Waals surface area contributed by atoms with Crippen LogP contribution in [0.25, 0.3) is 22.2 Å². The maximum Gasteiger partial charge on any atom is 0.225 e. The van der Waals surface area contributed by atoms with E-state index in [1.54, 1.807) is 14.2 Å². The van der Waals surface area contributed by atoms with Crippen LogP contribution < -0.4 is 20.1 Å². The van der Waals surface area contributed by atoms with Crippen LogP contribution in [0.3, 0.4) is 0 Å². The molecule has 4 heterocycles. The monoisotopic (exact) mass is 614 g/mol. The number of methoxy groups -OCH3 is 2. The highest BCUT2D eigenvalue weighted by Gasteiger charge is 2.25. The van der Waals surface area contributed by atoms with E-state index >= 15 is 0 Å². The largest absolute Gasteiger partial charge is 0.497 e. The molecule has 0 amide bonds. The summed E-state index contributed by atoms with van der Waals surface area (Å²) >= 11 is 0. The van der Waals surface area contributed by atoms with Crippen molar-refractivity contribution >= 4 is 22.8 Å². The molecule has 1 atom stereocenters. The van der Waals surface area contributed by atoms with Gasteiger partial charge in [-0.15, -0.1) is 0 Å². The molecule has 0 spiro atoms. The molecule has 1 aromatic carbocycles. The number of piperazine rings is 1. The van der Waals surface area contributed by atoms with E-state index in [1.807, 2.05) is 43.6 Å². The van der Waals surface area contributed by atoms with E-state index in [4.69, 9.17) is 29.4 Å². The molecule has 0 radical (unpaired) electrons. The number of benzene rings is 1. The molecule has 0 aliphatic carbocycles. The Balaban J connectivity index is 1.43. The number of aromatic nitrogens is 4. The minimum absolute atomic E-state index is 0.0332. The number of nitrogens with zero attached hydrogens (tertiary/aromatic N) is 6. The molecule has 0 saturated carbocycles. The van der Waals surface area contributed by atoms with E-state index in [-0.39, 0.29) is 6.61 Å². The van der Waals surface area contributed by atoms with Gasteiger partial charge >= 0.3 is 0 Å². The fourth-order valence-corrected chi connectivity index (χ4v) is 5.47. The van der Waals surface area contributed by atoms with Crippen LogP contribution in [0.2, 0.25) is 0 Å². The number of likely N-dealkylation sites (N-methyl/N-ethyl adjacent to an activating group) is 1. The SMILES string of the molecule is CCCC[C@](C)(CO)Nc1nc(NCc2ccc(OC)cc2OC)nc2cc(-c3ccc(CN4CCN(C)CC4)nc3)cnc12. The Morgan fingerprint density at radius 1 is 0.956 bits per heavy atom. The zero-order valence-corrected chi connectivity index (χ0v) is 27.1. The van der Waals surface area contributed by atoms with Gasteiger partial charge in [0.25, 0.3) is 0 Å². The number of fused-ring (bicyclic) bond motifs is 1. The number of pyridine rings is 2. The van der Waals surface area contributed by atoms with Crippen LogP contribution in [0.5, 0.6) is 11.5 Å². The Morgan fingerprint density at radius 3 is 2.44 bits per heavy atom. The first-order valence-corrected chi connectivity index (χ1v) is 15.7. The predicted molar refractivity (Wildman–Crippen MR) is 179 cm³/mol. The van der Waals surface area contributed by atoms with E-state index < -0.39 is 5.54 Å². The summed E-state index contributed by atoms with van der Waals surface area (Å²) < 4.78 is 10.9. The van der Waals surface area contributed by atoms with Crippen molar-refractivity contribution in [2.45, 2.75) is 51.7 Å². The summed E-state index contributed by atoms with van der Waals surface area (Å²) in [6.45, 7) is 9.69. The molecule has 0 bridgehead atoms. The van der Waals surface area contributed by atoms with Crippen molar-refractivity contribution < 1.29 is 14.6 Å². The summed E-state index contributed by atoms with van der Waals surface area (Å²) in [6.07, 6.45) is 6.55. The lowest BCUT2D eigenvalue weighted by Crippen LogP contribution is -2.43. The van der Waals surface area contributed by atoms with E-state index in [0.717, 1.165) is 80.1 Å². The summed E-state index contributed by atoms with van der Waals surface area (Å²) in [6, 6.07) is 11.9. The Morgan fingerprint density at radius 2 is 1.76 bits per heavy atom. The van der Waals surface area contributed by atoms with Gasteiger partial charge in [-0.1, -0.05) is 25.8 Å². The highest BCUT2D eigenvalue weighted by Crippen LogP contribution is 2.30. The Kier molecular flexibility index (Phi) is 10.6. The predicted octanol–water partition coefficient (Wildman–Crippen LogP) is 4.82. The minimum atomic E-state index is -0.558. The molecule has 240 valence electrons. The molecule has 1 aliphatic heterocycles. The quantitative estimate of drug-likeness (QED) is 0.181. The molecule has 45 heavy (non-hydrogen) atoms. The molecule has 5 rings (SSSR count). The van der Waals surface area contributed by atoms with Crippen LogP contribution in [0.4, 0.5) is 11.8 Å². The van der Waals surface area contributed by atoms with Gasteiger partial charge in [-0.2, -0.15) is 4.98 Å². The van der Waals surface area contributed by atoms with Gasteiger partial charge in [0.15, 0.2) is 5.82 Å². The fourth-order valence-electron chi connectivity index (χ4n) is 5.47. The molecule has 11 nitrogen and oxygen atoms in total. The molecule has 1 aliphatic rings. The van der Waals surface area contributed by atoms with Crippen LogP contribution in [-0.2, 0) is 13.1 Å². The maximum absolute atomic E-state index is 10.3. The summed E-state index contributed by atoms with van der Waals surface area (Å²) in [5.41, 5.74) is 4.66. The standard InChI is InChI=1S/C34H46N8O3/c1-6-7-12-34(2,23-43)40-32-31-29(38-33(39-32)37-20-25-9-11-28(44-4)18-30(25)45-5)17-26(21-36-31)24-8-10-27(35-19-24)22-42-15-13-41(3)14-16-42/h8-11,17-19,21,43H,6-7,12-16,20,22-23H2,1-5H3,(H2,37,38,39,40)/t34-/m1/s1. The summed E-state index contributed by atoms with van der Waals surface area (Å²) in [4.78, 5) is 24.1. The summed E-state index contributed by atoms with van der Waals surface area (Å²) in [5.74, 6) is 2.45. The second-order valence-corrected chi connectivity index (χ2v) is 12.1. The molecular weight excluding hydrogens is 568 g/mol. The summed E-state index contributed by atoms with van der Waals surface area (Å²) in [7, 11) is 5.44. The van der Waals surface area contributed by atoms with Gasteiger partial charge < -0.3 is 30.1 Å². The number of hydrogen-bond donors (Lipinski definition) is 3. The number of hydrogen-bond acceptors (Lipinski definition) is 11. The van der Waals surface area contributed by atoms with Crippen LogP contribution >= 0.6 is 0 Å². The highest BCUT2D eigenvalue weighted by molar-refractivity contribution is 5.89. The Labute approximate surface area is 266 Å². The van der Waals surface area contributed by atoms with E-state index in [9.17, 15) is 5.11 Å². The zero-order chi connectivity index (χ0) is 31.8. The number of aliphatic hydroxyl groups excluding tert-OH is 1.